The van der Waals surface area contributed by atoms with E-state index in [0.717, 1.165) is 82.5 Å². The number of rotatable bonds is 7. The third-order valence-electron chi connectivity index (χ3n) is 5.56. The first-order valence-corrected chi connectivity index (χ1v) is 10.8. The number of hydrogen-bond donors (Lipinski definition) is 0. The van der Waals surface area contributed by atoms with Gasteiger partial charge in [0.1, 0.15) is 0 Å². The fourth-order valence-corrected chi connectivity index (χ4v) is 3.85. The molecule has 0 radical (unpaired) electrons. The second-order valence-electron chi connectivity index (χ2n) is 8.16. The standard InChI is InChI=1S/C19H32N12/c1-4-31-16-19(22-25-31)15-30-9-7-28(13-17-11-26(2)23-20-17)5-6-29(8-10-30)14-18-12-27(3)24-21-18/h11-12,16H,4-10,13-15H2,1-3H3. The van der Waals surface area contributed by atoms with Gasteiger partial charge in [-0.05, 0) is 6.92 Å². The SMILES string of the molecule is CCn1cc(CN2CCN(Cc3cn(C)nn3)CCN(Cc3cn(C)nn3)CC2)nn1. The fourth-order valence-electron chi connectivity index (χ4n) is 3.85. The summed E-state index contributed by atoms with van der Waals surface area (Å²) in [4.78, 5) is 7.37. The van der Waals surface area contributed by atoms with E-state index in [0.29, 0.717) is 0 Å². The molecule has 168 valence electrons. The summed E-state index contributed by atoms with van der Waals surface area (Å²) in [6, 6.07) is 0. The molecule has 3 aromatic heterocycles. The van der Waals surface area contributed by atoms with E-state index in [4.69, 9.17) is 0 Å². The van der Waals surface area contributed by atoms with E-state index in [2.05, 4.69) is 52.6 Å². The van der Waals surface area contributed by atoms with Gasteiger partial charge in [0.15, 0.2) is 0 Å². The number of aryl methyl sites for hydroxylation is 3. The topological polar surface area (TPSA) is 102 Å². The minimum atomic E-state index is 0.798. The lowest BCUT2D eigenvalue weighted by Crippen LogP contribution is -2.35. The zero-order valence-corrected chi connectivity index (χ0v) is 18.7. The van der Waals surface area contributed by atoms with Crippen LogP contribution in [0.25, 0.3) is 0 Å². The van der Waals surface area contributed by atoms with E-state index in [9.17, 15) is 0 Å². The first-order valence-electron chi connectivity index (χ1n) is 10.8. The highest BCUT2D eigenvalue weighted by atomic mass is 15.4. The van der Waals surface area contributed by atoms with Crippen LogP contribution in [-0.4, -0.2) is 98.9 Å². The van der Waals surface area contributed by atoms with Gasteiger partial charge in [-0.1, -0.05) is 15.6 Å². The van der Waals surface area contributed by atoms with Crippen LogP contribution in [0.4, 0.5) is 0 Å². The predicted octanol–water partition coefficient (Wildman–Crippen LogP) is -0.625. The van der Waals surface area contributed by atoms with Crippen LogP contribution >= 0.6 is 0 Å². The highest BCUT2D eigenvalue weighted by Crippen LogP contribution is 2.09. The molecule has 4 heterocycles. The molecule has 3 aromatic rings. The molecule has 0 N–H and O–H groups in total. The summed E-state index contributed by atoms with van der Waals surface area (Å²) in [5, 5.41) is 25.2. The predicted molar refractivity (Wildman–Crippen MR) is 114 cm³/mol. The smallest absolute Gasteiger partial charge is 0.0967 e. The van der Waals surface area contributed by atoms with Gasteiger partial charge in [-0.2, -0.15) is 0 Å². The van der Waals surface area contributed by atoms with E-state index < -0.39 is 0 Å². The molecule has 1 aliphatic rings. The normalized spacial score (nSPS) is 17.5. The highest BCUT2D eigenvalue weighted by Gasteiger charge is 2.19. The second kappa shape index (κ2) is 10.1. The highest BCUT2D eigenvalue weighted by molar-refractivity contribution is 4.95. The molecule has 0 bridgehead atoms. The minimum Gasteiger partial charge on any atom is -0.295 e. The van der Waals surface area contributed by atoms with Gasteiger partial charge in [0.2, 0.25) is 0 Å². The van der Waals surface area contributed by atoms with Crippen molar-refractivity contribution in [2.45, 2.75) is 33.1 Å². The van der Waals surface area contributed by atoms with Crippen LogP contribution in [0.1, 0.15) is 24.0 Å². The van der Waals surface area contributed by atoms with Crippen LogP contribution in [0.5, 0.6) is 0 Å². The Labute approximate surface area is 182 Å². The molecule has 1 saturated heterocycles. The van der Waals surface area contributed by atoms with Crippen molar-refractivity contribution in [2.75, 3.05) is 39.3 Å². The Hall–Kier alpha value is -2.70. The summed E-state index contributed by atoms with van der Waals surface area (Å²) in [6.45, 7) is 11.1. The molecule has 0 atom stereocenters. The van der Waals surface area contributed by atoms with E-state index >= 15 is 0 Å². The second-order valence-corrected chi connectivity index (χ2v) is 8.16. The summed E-state index contributed by atoms with van der Waals surface area (Å²) in [5.41, 5.74) is 3.02. The number of aromatic nitrogens is 9. The molecular weight excluding hydrogens is 396 g/mol. The summed E-state index contributed by atoms with van der Waals surface area (Å²) in [7, 11) is 3.81. The largest absolute Gasteiger partial charge is 0.295 e. The van der Waals surface area contributed by atoms with Crippen LogP contribution in [0.2, 0.25) is 0 Å². The maximum atomic E-state index is 4.34. The van der Waals surface area contributed by atoms with E-state index in [1.165, 1.54) is 0 Å². The average molecular weight is 429 g/mol. The van der Waals surface area contributed by atoms with Crippen LogP contribution in [0.15, 0.2) is 18.6 Å². The Balaban J connectivity index is 1.44. The zero-order valence-electron chi connectivity index (χ0n) is 18.7. The molecule has 0 aromatic carbocycles. The van der Waals surface area contributed by atoms with Crippen molar-refractivity contribution in [3.8, 4) is 0 Å². The lowest BCUT2D eigenvalue weighted by molar-refractivity contribution is 0.206. The Morgan fingerprint density at radius 1 is 0.613 bits per heavy atom. The average Bonchev–Trinajstić information content (AvgIpc) is 3.49. The van der Waals surface area contributed by atoms with E-state index in [1.54, 1.807) is 9.36 Å². The van der Waals surface area contributed by atoms with Gasteiger partial charge in [0.25, 0.3) is 0 Å². The van der Waals surface area contributed by atoms with Crippen molar-refractivity contribution in [2.24, 2.45) is 14.1 Å². The summed E-state index contributed by atoms with van der Waals surface area (Å²) >= 11 is 0. The molecule has 0 aliphatic carbocycles. The van der Waals surface area contributed by atoms with Gasteiger partial charge in [-0.15, -0.1) is 15.3 Å². The Bertz CT molecular complexity index is 889. The van der Waals surface area contributed by atoms with Crippen LogP contribution in [-0.2, 0) is 40.3 Å². The molecule has 1 fully saturated rings. The Morgan fingerprint density at radius 2 is 1.00 bits per heavy atom. The van der Waals surface area contributed by atoms with Crippen molar-refractivity contribution < 1.29 is 0 Å². The van der Waals surface area contributed by atoms with Gasteiger partial charge >= 0.3 is 0 Å². The summed E-state index contributed by atoms with van der Waals surface area (Å²) in [6.07, 6.45) is 6.02. The lowest BCUT2D eigenvalue weighted by atomic mass is 10.3. The fraction of sp³-hybridized carbons (Fsp3) is 0.684. The molecule has 0 unspecified atom stereocenters. The van der Waals surface area contributed by atoms with Crippen molar-refractivity contribution in [1.29, 1.82) is 0 Å². The van der Waals surface area contributed by atoms with E-state index in [-0.39, 0.29) is 0 Å². The first-order chi connectivity index (χ1) is 15.1. The van der Waals surface area contributed by atoms with Gasteiger partial charge in [-0.25, -0.2) is 0 Å². The Morgan fingerprint density at radius 3 is 1.32 bits per heavy atom. The van der Waals surface area contributed by atoms with Crippen LogP contribution in [0.3, 0.4) is 0 Å². The maximum Gasteiger partial charge on any atom is 0.0967 e. The van der Waals surface area contributed by atoms with Gasteiger partial charge in [-0.3, -0.25) is 28.7 Å². The zero-order chi connectivity index (χ0) is 21.6. The van der Waals surface area contributed by atoms with Crippen molar-refractivity contribution >= 4 is 0 Å². The molecule has 0 spiro atoms. The third-order valence-corrected chi connectivity index (χ3v) is 5.56. The van der Waals surface area contributed by atoms with Gasteiger partial charge in [0, 0.05) is 98.1 Å². The number of nitrogens with zero attached hydrogens (tertiary/aromatic N) is 12. The third kappa shape index (κ3) is 6.15. The van der Waals surface area contributed by atoms with Crippen molar-refractivity contribution in [3.63, 3.8) is 0 Å². The van der Waals surface area contributed by atoms with Gasteiger partial charge in [0.05, 0.1) is 17.1 Å². The van der Waals surface area contributed by atoms with Gasteiger partial charge < -0.3 is 0 Å². The van der Waals surface area contributed by atoms with E-state index in [1.807, 2.05) is 37.4 Å². The first kappa shape index (κ1) is 21.5. The number of hydrogen-bond acceptors (Lipinski definition) is 9. The molecule has 31 heavy (non-hydrogen) atoms. The van der Waals surface area contributed by atoms with Crippen molar-refractivity contribution in [1.82, 2.24) is 59.7 Å². The Kier molecular flexibility index (Phi) is 6.99. The summed E-state index contributed by atoms with van der Waals surface area (Å²) < 4.78 is 5.40. The monoisotopic (exact) mass is 428 g/mol. The molecular formula is C19H32N12. The quantitative estimate of drug-likeness (QED) is 0.487. The molecule has 12 heteroatoms. The van der Waals surface area contributed by atoms with Crippen molar-refractivity contribution in [3.05, 3.63) is 35.7 Å². The molecule has 0 amide bonds. The van der Waals surface area contributed by atoms with Crippen LogP contribution in [0, 0.1) is 0 Å². The lowest BCUT2D eigenvalue weighted by Gasteiger charge is -2.24. The van der Waals surface area contributed by atoms with Crippen LogP contribution < -0.4 is 0 Å². The molecule has 1 aliphatic heterocycles. The minimum absolute atomic E-state index is 0.798. The maximum absolute atomic E-state index is 4.34. The summed E-state index contributed by atoms with van der Waals surface area (Å²) in [5.74, 6) is 0. The molecule has 4 rings (SSSR count). The molecule has 0 saturated carbocycles. The molecule has 12 nitrogen and oxygen atoms in total.